The maximum absolute atomic E-state index is 13.2. The highest BCUT2D eigenvalue weighted by Crippen LogP contribution is 2.32. The average Bonchev–Trinajstić information content (AvgIpc) is 3.19. The standard InChI is InChI=1S/C18H12Cl2FN5O3/c19-9-1-4-11(5-2-9)26-17(28)15-16(18(26)29)25(24-23-15)8-14(27)22-10-3-6-13(21)12(20)7-10/h1-7,15-16H,8H2,(H,22,27)/t15-,16-/m1/s1. The normalized spacial score (nSPS) is 20.4. The first-order valence-electron chi connectivity index (χ1n) is 8.41. The summed E-state index contributed by atoms with van der Waals surface area (Å²) in [5.41, 5.74) is 0.644. The molecule has 2 aliphatic rings. The molecule has 1 saturated heterocycles. The molecule has 0 aromatic heterocycles. The van der Waals surface area contributed by atoms with E-state index >= 15 is 0 Å². The summed E-state index contributed by atoms with van der Waals surface area (Å²) in [4.78, 5) is 38.8. The van der Waals surface area contributed by atoms with Crippen molar-refractivity contribution >= 4 is 52.3 Å². The molecule has 0 saturated carbocycles. The largest absolute Gasteiger partial charge is 0.324 e. The predicted molar refractivity (Wildman–Crippen MR) is 103 cm³/mol. The van der Waals surface area contributed by atoms with Crippen molar-refractivity contribution in [3.8, 4) is 0 Å². The van der Waals surface area contributed by atoms with Crippen LogP contribution in [0.3, 0.4) is 0 Å². The van der Waals surface area contributed by atoms with Crippen molar-refractivity contribution in [2.24, 2.45) is 10.3 Å². The summed E-state index contributed by atoms with van der Waals surface area (Å²) in [6.45, 7) is -0.326. The first-order chi connectivity index (χ1) is 13.8. The molecule has 148 valence electrons. The molecule has 2 heterocycles. The zero-order valence-electron chi connectivity index (χ0n) is 14.6. The second kappa shape index (κ2) is 7.41. The molecule has 2 aliphatic heterocycles. The average molecular weight is 436 g/mol. The number of nitrogens with zero attached hydrogens (tertiary/aromatic N) is 4. The summed E-state index contributed by atoms with van der Waals surface area (Å²) in [6.07, 6.45) is 0. The van der Waals surface area contributed by atoms with Gasteiger partial charge in [-0.2, -0.15) is 5.11 Å². The van der Waals surface area contributed by atoms with Crippen LogP contribution in [0.5, 0.6) is 0 Å². The molecule has 29 heavy (non-hydrogen) atoms. The van der Waals surface area contributed by atoms with E-state index in [1.165, 1.54) is 12.1 Å². The van der Waals surface area contributed by atoms with Gasteiger partial charge in [0.2, 0.25) is 5.91 Å². The minimum Gasteiger partial charge on any atom is -0.324 e. The van der Waals surface area contributed by atoms with Crippen LogP contribution in [0.15, 0.2) is 52.8 Å². The lowest BCUT2D eigenvalue weighted by Crippen LogP contribution is -2.43. The van der Waals surface area contributed by atoms with Gasteiger partial charge in [0.25, 0.3) is 11.8 Å². The Bertz CT molecular complexity index is 1050. The smallest absolute Gasteiger partial charge is 0.263 e. The number of halogens is 3. The molecule has 8 nitrogen and oxygen atoms in total. The Morgan fingerprint density at radius 3 is 2.52 bits per heavy atom. The Kier molecular flexibility index (Phi) is 4.93. The van der Waals surface area contributed by atoms with Crippen molar-refractivity contribution in [3.05, 3.63) is 58.3 Å². The molecular weight excluding hydrogens is 424 g/mol. The fraction of sp³-hybridized carbons (Fsp3) is 0.167. The minimum atomic E-state index is -1.02. The fourth-order valence-corrected chi connectivity index (χ4v) is 3.43. The van der Waals surface area contributed by atoms with Crippen LogP contribution in [0.2, 0.25) is 10.0 Å². The topological polar surface area (TPSA) is 94.4 Å². The highest BCUT2D eigenvalue weighted by Gasteiger charge is 2.55. The van der Waals surface area contributed by atoms with Crippen LogP contribution in [0.25, 0.3) is 0 Å². The molecule has 0 aliphatic carbocycles. The Morgan fingerprint density at radius 1 is 1.10 bits per heavy atom. The maximum Gasteiger partial charge on any atom is 0.263 e. The number of carbonyl (C=O) groups is 3. The van der Waals surface area contributed by atoms with E-state index in [0.717, 1.165) is 16.0 Å². The second-order valence-corrected chi connectivity index (χ2v) is 7.20. The molecule has 0 radical (unpaired) electrons. The summed E-state index contributed by atoms with van der Waals surface area (Å²) in [5, 5.41) is 11.7. The van der Waals surface area contributed by atoms with Crippen molar-refractivity contribution in [2.75, 3.05) is 16.8 Å². The Morgan fingerprint density at radius 2 is 1.83 bits per heavy atom. The molecule has 0 spiro atoms. The van der Waals surface area contributed by atoms with E-state index in [1.54, 1.807) is 24.3 Å². The van der Waals surface area contributed by atoms with E-state index in [4.69, 9.17) is 23.2 Å². The Balaban J connectivity index is 1.48. The third-order valence-corrected chi connectivity index (χ3v) is 4.99. The first-order valence-corrected chi connectivity index (χ1v) is 9.16. The van der Waals surface area contributed by atoms with E-state index in [1.807, 2.05) is 0 Å². The molecule has 0 unspecified atom stereocenters. The van der Waals surface area contributed by atoms with Gasteiger partial charge < -0.3 is 5.32 Å². The van der Waals surface area contributed by atoms with Crippen molar-refractivity contribution in [3.63, 3.8) is 0 Å². The number of anilines is 2. The van der Waals surface area contributed by atoms with E-state index in [0.29, 0.717) is 10.7 Å². The second-order valence-electron chi connectivity index (χ2n) is 6.36. The van der Waals surface area contributed by atoms with E-state index < -0.39 is 35.6 Å². The maximum atomic E-state index is 13.2. The number of carbonyl (C=O) groups excluding carboxylic acids is 3. The monoisotopic (exact) mass is 435 g/mol. The number of nitrogens with one attached hydrogen (secondary N) is 1. The number of imide groups is 1. The van der Waals surface area contributed by atoms with Crippen LogP contribution < -0.4 is 10.2 Å². The first kappa shape index (κ1) is 19.3. The Hall–Kier alpha value is -3.04. The summed E-state index contributed by atoms with van der Waals surface area (Å²) in [6, 6.07) is 7.91. The Labute approximate surface area is 173 Å². The zero-order chi connectivity index (χ0) is 20.7. The summed E-state index contributed by atoms with van der Waals surface area (Å²) in [7, 11) is 0. The van der Waals surface area contributed by atoms with Gasteiger partial charge >= 0.3 is 0 Å². The van der Waals surface area contributed by atoms with Crippen LogP contribution in [-0.2, 0) is 14.4 Å². The lowest BCUT2D eigenvalue weighted by molar-refractivity contribution is -0.123. The molecule has 1 fully saturated rings. The van der Waals surface area contributed by atoms with Gasteiger partial charge in [0, 0.05) is 10.7 Å². The minimum absolute atomic E-state index is 0.140. The fourth-order valence-electron chi connectivity index (χ4n) is 3.12. The summed E-state index contributed by atoms with van der Waals surface area (Å²) in [5.74, 6) is -2.21. The number of fused-ring (bicyclic) bond motifs is 1. The molecule has 2 aromatic carbocycles. The molecule has 4 rings (SSSR count). The van der Waals surface area contributed by atoms with Crippen molar-refractivity contribution < 1.29 is 18.8 Å². The lowest BCUT2D eigenvalue weighted by atomic mass is 10.1. The van der Waals surface area contributed by atoms with Crippen molar-refractivity contribution in [2.45, 2.75) is 12.1 Å². The van der Waals surface area contributed by atoms with Gasteiger partial charge in [-0.3, -0.25) is 19.4 Å². The van der Waals surface area contributed by atoms with Crippen molar-refractivity contribution in [1.82, 2.24) is 5.01 Å². The highest BCUT2D eigenvalue weighted by atomic mass is 35.5. The molecule has 1 N–H and O–H groups in total. The molecule has 0 bridgehead atoms. The van der Waals surface area contributed by atoms with E-state index in [2.05, 4.69) is 15.7 Å². The number of amides is 3. The quantitative estimate of drug-likeness (QED) is 0.746. The van der Waals surface area contributed by atoms with Crippen LogP contribution in [0.1, 0.15) is 0 Å². The third kappa shape index (κ3) is 3.54. The number of benzene rings is 2. The number of hydrogen-bond acceptors (Lipinski definition) is 6. The highest BCUT2D eigenvalue weighted by molar-refractivity contribution is 6.31. The van der Waals surface area contributed by atoms with Gasteiger partial charge in [-0.05, 0) is 42.5 Å². The van der Waals surface area contributed by atoms with Crippen LogP contribution in [0.4, 0.5) is 15.8 Å². The van der Waals surface area contributed by atoms with E-state index in [-0.39, 0.29) is 17.3 Å². The molecule has 3 amide bonds. The van der Waals surface area contributed by atoms with Gasteiger partial charge in [0.15, 0.2) is 12.1 Å². The third-order valence-electron chi connectivity index (χ3n) is 4.45. The van der Waals surface area contributed by atoms with Gasteiger partial charge in [-0.15, -0.1) is 0 Å². The van der Waals surface area contributed by atoms with Crippen LogP contribution in [0, 0.1) is 5.82 Å². The predicted octanol–water partition coefficient (Wildman–Crippen LogP) is 3.06. The van der Waals surface area contributed by atoms with Crippen LogP contribution >= 0.6 is 23.2 Å². The number of hydrogen-bond donors (Lipinski definition) is 1. The summed E-state index contributed by atoms with van der Waals surface area (Å²) >= 11 is 11.5. The van der Waals surface area contributed by atoms with Gasteiger partial charge in [-0.25, -0.2) is 9.29 Å². The summed E-state index contributed by atoms with van der Waals surface area (Å²) < 4.78 is 13.2. The SMILES string of the molecule is O=C(CN1N=N[C@H]2C(=O)N(c3ccc(Cl)cc3)C(=O)[C@@H]21)Nc1ccc(F)c(Cl)c1. The van der Waals surface area contributed by atoms with E-state index in [9.17, 15) is 18.8 Å². The van der Waals surface area contributed by atoms with Crippen molar-refractivity contribution in [1.29, 1.82) is 0 Å². The zero-order valence-corrected chi connectivity index (χ0v) is 16.1. The number of rotatable bonds is 4. The van der Waals surface area contributed by atoms with Gasteiger partial charge in [-0.1, -0.05) is 28.4 Å². The lowest BCUT2D eigenvalue weighted by Gasteiger charge is -2.20. The molecule has 2 aromatic rings. The molecule has 2 atom stereocenters. The molecule has 11 heteroatoms. The van der Waals surface area contributed by atoms with Gasteiger partial charge in [0.05, 0.1) is 10.7 Å². The van der Waals surface area contributed by atoms with Gasteiger partial charge in [0.1, 0.15) is 12.4 Å². The van der Waals surface area contributed by atoms with Crippen LogP contribution in [-0.4, -0.2) is 41.4 Å². The molecular formula is C18H12Cl2FN5O3.